The maximum atomic E-state index is 12.2. The van der Waals surface area contributed by atoms with Gasteiger partial charge in [-0.2, -0.15) is 0 Å². The van der Waals surface area contributed by atoms with Crippen molar-refractivity contribution in [2.24, 2.45) is 0 Å². The third-order valence-corrected chi connectivity index (χ3v) is 5.42. The fourth-order valence-corrected chi connectivity index (χ4v) is 3.91. The van der Waals surface area contributed by atoms with Crippen molar-refractivity contribution in [3.8, 4) is 5.75 Å². The van der Waals surface area contributed by atoms with Gasteiger partial charge in [0.2, 0.25) is 5.91 Å². The van der Waals surface area contributed by atoms with Gasteiger partial charge in [0.05, 0.1) is 12.9 Å². The highest BCUT2D eigenvalue weighted by atomic mass is 79.9. The number of thioether (sulfide) groups is 1. The van der Waals surface area contributed by atoms with Crippen molar-refractivity contribution in [3.63, 3.8) is 0 Å². The van der Waals surface area contributed by atoms with Crippen LogP contribution in [-0.2, 0) is 11.3 Å². The highest BCUT2D eigenvalue weighted by Gasteiger charge is 2.32. The first-order chi connectivity index (χ1) is 10.7. The Hall–Kier alpha value is -1.46. The van der Waals surface area contributed by atoms with Gasteiger partial charge in [-0.15, -0.1) is 11.8 Å². The van der Waals surface area contributed by atoms with E-state index in [4.69, 9.17) is 4.74 Å². The van der Waals surface area contributed by atoms with E-state index in [1.54, 1.807) is 18.9 Å². The fraction of sp³-hybridized carbons (Fsp3) is 0.235. The van der Waals surface area contributed by atoms with Crippen LogP contribution in [0.3, 0.4) is 0 Å². The number of nitrogens with zero attached hydrogens (tertiary/aromatic N) is 1. The fourth-order valence-electron chi connectivity index (χ4n) is 2.46. The van der Waals surface area contributed by atoms with Crippen molar-refractivity contribution in [2.45, 2.75) is 11.9 Å². The van der Waals surface area contributed by atoms with Gasteiger partial charge in [0.15, 0.2) is 0 Å². The first-order valence-electron chi connectivity index (χ1n) is 6.97. The molecule has 1 heterocycles. The Kier molecular flexibility index (Phi) is 4.74. The van der Waals surface area contributed by atoms with Crippen LogP contribution >= 0.6 is 27.7 Å². The summed E-state index contributed by atoms with van der Waals surface area (Å²) in [4.78, 5) is 14.2. The maximum Gasteiger partial charge on any atom is 0.234 e. The lowest BCUT2D eigenvalue weighted by Crippen LogP contribution is -2.27. The van der Waals surface area contributed by atoms with Crippen molar-refractivity contribution in [1.82, 2.24) is 4.90 Å². The predicted molar refractivity (Wildman–Crippen MR) is 92.9 cm³/mol. The van der Waals surface area contributed by atoms with E-state index in [9.17, 15) is 4.79 Å². The monoisotopic (exact) mass is 377 g/mol. The second kappa shape index (κ2) is 6.75. The number of methoxy groups -OCH3 is 1. The van der Waals surface area contributed by atoms with Gasteiger partial charge in [-0.05, 0) is 35.4 Å². The topological polar surface area (TPSA) is 29.5 Å². The average Bonchev–Trinajstić information content (AvgIpc) is 2.90. The number of ether oxygens (including phenoxy) is 1. The summed E-state index contributed by atoms with van der Waals surface area (Å²) in [6.07, 6.45) is 0. The molecule has 0 bridgehead atoms. The molecule has 1 atom stereocenters. The number of hydrogen-bond acceptors (Lipinski definition) is 3. The first-order valence-corrected chi connectivity index (χ1v) is 8.81. The average molecular weight is 378 g/mol. The van der Waals surface area contributed by atoms with Crippen LogP contribution in [0.25, 0.3) is 0 Å². The normalized spacial score (nSPS) is 17.8. The maximum absolute atomic E-state index is 12.2. The van der Waals surface area contributed by atoms with Gasteiger partial charge < -0.3 is 9.64 Å². The summed E-state index contributed by atoms with van der Waals surface area (Å²) in [5, 5.41) is 0.0858. The predicted octanol–water partition coefficient (Wildman–Crippen LogP) is 4.23. The van der Waals surface area contributed by atoms with Gasteiger partial charge in [-0.1, -0.05) is 40.2 Å². The molecule has 114 valence electrons. The molecule has 0 radical (unpaired) electrons. The molecule has 0 N–H and O–H groups in total. The van der Waals surface area contributed by atoms with Crippen molar-refractivity contribution in [1.29, 1.82) is 0 Å². The van der Waals surface area contributed by atoms with E-state index in [1.807, 2.05) is 41.3 Å². The second-order valence-corrected chi connectivity index (χ2v) is 7.07. The molecule has 3 nitrogen and oxygen atoms in total. The Morgan fingerprint density at radius 1 is 1.18 bits per heavy atom. The number of hydrogen-bond donors (Lipinski definition) is 0. The molecular formula is C17H16BrNO2S. The third kappa shape index (κ3) is 3.31. The Labute approximate surface area is 142 Å². The Morgan fingerprint density at radius 3 is 2.50 bits per heavy atom. The molecule has 1 aliphatic rings. The lowest BCUT2D eigenvalue weighted by molar-refractivity contribution is -0.128. The van der Waals surface area contributed by atoms with Gasteiger partial charge >= 0.3 is 0 Å². The van der Waals surface area contributed by atoms with E-state index in [0.717, 1.165) is 21.3 Å². The molecular weight excluding hydrogens is 362 g/mol. The van der Waals surface area contributed by atoms with Crippen molar-refractivity contribution >= 4 is 33.6 Å². The van der Waals surface area contributed by atoms with Crippen LogP contribution in [-0.4, -0.2) is 23.7 Å². The van der Waals surface area contributed by atoms with Gasteiger partial charge in [0.25, 0.3) is 0 Å². The van der Waals surface area contributed by atoms with E-state index in [1.165, 1.54) is 0 Å². The summed E-state index contributed by atoms with van der Waals surface area (Å²) in [5.41, 5.74) is 2.27. The van der Waals surface area contributed by atoms with E-state index in [2.05, 4.69) is 28.1 Å². The number of carbonyl (C=O) groups is 1. The standard InChI is InChI=1S/C17H16BrNO2S/c1-21-15-8-2-12(3-9-15)10-19-16(20)11-22-17(19)13-4-6-14(18)7-5-13/h2-9,17H,10-11H2,1H3/t17-/m1/s1. The molecule has 0 unspecified atom stereocenters. The highest BCUT2D eigenvalue weighted by Crippen LogP contribution is 2.39. The van der Waals surface area contributed by atoms with Crippen molar-refractivity contribution in [3.05, 3.63) is 64.1 Å². The van der Waals surface area contributed by atoms with Crippen LogP contribution in [0, 0.1) is 0 Å². The zero-order chi connectivity index (χ0) is 15.5. The van der Waals surface area contributed by atoms with Gasteiger partial charge in [0, 0.05) is 11.0 Å². The van der Waals surface area contributed by atoms with Crippen molar-refractivity contribution in [2.75, 3.05) is 12.9 Å². The summed E-state index contributed by atoms with van der Waals surface area (Å²) >= 11 is 5.13. The SMILES string of the molecule is COc1ccc(CN2C(=O)CS[C@@H]2c2ccc(Br)cc2)cc1. The molecule has 0 aromatic heterocycles. The van der Waals surface area contributed by atoms with Crippen LogP contribution in [0.1, 0.15) is 16.5 Å². The molecule has 5 heteroatoms. The summed E-state index contributed by atoms with van der Waals surface area (Å²) in [6, 6.07) is 16.0. The van der Waals surface area contributed by atoms with E-state index >= 15 is 0 Å². The van der Waals surface area contributed by atoms with Crippen LogP contribution in [0.2, 0.25) is 0 Å². The molecule has 1 amide bonds. The number of benzene rings is 2. The molecule has 1 saturated heterocycles. The van der Waals surface area contributed by atoms with Crippen LogP contribution in [0.5, 0.6) is 5.75 Å². The number of carbonyl (C=O) groups excluding carboxylic acids is 1. The van der Waals surface area contributed by atoms with Gasteiger partial charge in [0.1, 0.15) is 11.1 Å². The first kappa shape index (κ1) is 15.4. The summed E-state index contributed by atoms with van der Waals surface area (Å²) in [5.74, 6) is 1.56. The molecule has 1 fully saturated rings. The summed E-state index contributed by atoms with van der Waals surface area (Å²) in [6.45, 7) is 0.622. The summed E-state index contributed by atoms with van der Waals surface area (Å²) < 4.78 is 6.22. The Bertz CT molecular complexity index is 657. The Morgan fingerprint density at radius 2 is 1.86 bits per heavy atom. The minimum Gasteiger partial charge on any atom is -0.497 e. The Balaban J connectivity index is 1.79. The largest absolute Gasteiger partial charge is 0.497 e. The zero-order valence-corrected chi connectivity index (χ0v) is 14.6. The van der Waals surface area contributed by atoms with E-state index < -0.39 is 0 Å². The number of amides is 1. The highest BCUT2D eigenvalue weighted by molar-refractivity contribution is 9.10. The lowest BCUT2D eigenvalue weighted by atomic mass is 10.1. The van der Waals surface area contributed by atoms with Gasteiger partial charge in [-0.25, -0.2) is 0 Å². The quantitative estimate of drug-likeness (QED) is 0.798. The van der Waals surface area contributed by atoms with Crippen LogP contribution in [0.15, 0.2) is 53.0 Å². The minimum absolute atomic E-state index is 0.0858. The molecule has 0 spiro atoms. The molecule has 1 aliphatic heterocycles. The molecule has 2 aromatic rings. The van der Waals surface area contributed by atoms with E-state index in [-0.39, 0.29) is 11.3 Å². The molecule has 3 rings (SSSR count). The molecule has 2 aromatic carbocycles. The summed E-state index contributed by atoms with van der Waals surface area (Å²) in [7, 11) is 1.65. The molecule has 0 aliphatic carbocycles. The second-order valence-electron chi connectivity index (χ2n) is 5.08. The van der Waals surface area contributed by atoms with E-state index in [0.29, 0.717) is 12.3 Å². The smallest absolute Gasteiger partial charge is 0.234 e. The minimum atomic E-state index is 0.0858. The van der Waals surface area contributed by atoms with Crippen LogP contribution < -0.4 is 4.74 Å². The zero-order valence-electron chi connectivity index (χ0n) is 12.2. The van der Waals surface area contributed by atoms with Crippen molar-refractivity contribution < 1.29 is 9.53 Å². The molecule has 22 heavy (non-hydrogen) atoms. The van der Waals surface area contributed by atoms with Crippen LogP contribution in [0.4, 0.5) is 0 Å². The number of rotatable bonds is 4. The lowest BCUT2D eigenvalue weighted by Gasteiger charge is -2.24. The molecule has 0 saturated carbocycles. The van der Waals surface area contributed by atoms with Gasteiger partial charge in [-0.3, -0.25) is 4.79 Å². The third-order valence-electron chi connectivity index (χ3n) is 3.64. The number of halogens is 1.